The smallest absolute Gasteiger partial charge is 0.119 e. The van der Waals surface area contributed by atoms with Crippen molar-refractivity contribution in [3.63, 3.8) is 0 Å². The number of hydrogen-bond acceptors (Lipinski definition) is 3. The SMILES string of the molecule is Cc1ccc(COc2ccc(CC(N)CN)cc2)cc1. The van der Waals surface area contributed by atoms with E-state index in [1.54, 1.807) is 0 Å². The van der Waals surface area contributed by atoms with Crippen molar-refractivity contribution in [3.05, 3.63) is 65.2 Å². The minimum Gasteiger partial charge on any atom is -0.489 e. The minimum absolute atomic E-state index is 0.0225. The molecule has 0 aliphatic heterocycles. The fourth-order valence-corrected chi connectivity index (χ4v) is 1.96. The van der Waals surface area contributed by atoms with Gasteiger partial charge in [-0.05, 0) is 36.6 Å². The molecule has 0 aliphatic rings. The molecule has 1 unspecified atom stereocenters. The molecule has 0 bridgehead atoms. The van der Waals surface area contributed by atoms with E-state index in [0.717, 1.165) is 12.2 Å². The Hall–Kier alpha value is -1.84. The molecule has 1 atom stereocenters. The lowest BCUT2D eigenvalue weighted by Gasteiger charge is -2.10. The molecular weight excluding hydrogens is 248 g/mol. The van der Waals surface area contributed by atoms with E-state index in [4.69, 9.17) is 16.2 Å². The highest BCUT2D eigenvalue weighted by molar-refractivity contribution is 5.28. The van der Waals surface area contributed by atoms with Crippen LogP contribution >= 0.6 is 0 Å². The third-order valence-corrected chi connectivity index (χ3v) is 3.25. The molecule has 0 saturated carbocycles. The van der Waals surface area contributed by atoms with Gasteiger partial charge in [0.1, 0.15) is 12.4 Å². The quantitative estimate of drug-likeness (QED) is 0.847. The van der Waals surface area contributed by atoms with E-state index in [0.29, 0.717) is 13.2 Å². The van der Waals surface area contributed by atoms with Gasteiger partial charge in [-0.15, -0.1) is 0 Å². The highest BCUT2D eigenvalue weighted by Crippen LogP contribution is 2.15. The normalized spacial score (nSPS) is 12.2. The van der Waals surface area contributed by atoms with Crippen LogP contribution in [0.25, 0.3) is 0 Å². The molecule has 0 fully saturated rings. The number of ether oxygens (including phenoxy) is 1. The summed E-state index contributed by atoms with van der Waals surface area (Å²) in [7, 11) is 0. The summed E-state index contributed by atoms with van der Waals surface area (Å²) in [5.41, 5.74) is 15.0. The molecule has 0 amide bonds. The average Bonchev–Trinajstić information content (AvgIpc) is 2.48. The second-order valence-electron chi connectivity index (χ2n) is 5.12. The van der Waals surface area contributed by atoms with Gasteiger partial charge < -0.3 is 16.2 Å². The number of hydrogen-bond donors (Lipinski definition) is 2. The molecule has 0 aliphatic carbocycles. The van der Waals surface area contributed by atoms with Crippen LogP contribution in [0.5, 0.6) is 5.75 Å². The first-order chi connectivity index (χ1) is 9.67. The van der Waals surface area contributed by atoms with Gasteiger partial charge >= 0.3 is 0 Å². The molecule has 20 heavy (non-hydrogen) atoms. The first-order valence-electron chi connectivity index (χ1n) is 6.90. The van der Waals surface area contributed by atoms with Crippen molar-refractivity contribution in [1.82, 2.24) is 0 Å². The largest absolute Gasteiger partial charge is 0.489 e. The van der Waals surface area contributed by atoms with Crippen LogP contribution in [0.3, 0.4) is 0 Å². The van der Waals surface area contributed by atoms with Crippen LogP contribution in [0, 0.1) is 6.92 Å². The van der Waals surface area contributed by atoms with E-state index in [1.807, 2.05) is 24.3 Å². The summed E-state index contributed by atoms with van der Waals surface area (Å²) >= 11 is 0. The molecule has 0 spiro atoms. The Morgan fingerprint density at radius 1 is 0.950 bits per heavy atom. The lowest BCUT2D eigenvalue weighted by atomic mass is 10.1. The van der Waals surface area contributed by atoms with Crippen LogP contribution in [0.1, 0.15) is 16.7 Å². The zero-order valence-electron chi connectivity index (χ0n) is 11.9. The average molecular weight is 270 g/mol. The Labute approximate surface area is 120 Å². The lowest BCUT2D eigenvalue weighted by Crippen LogP contribution is -2.31. The molecule has 0 aromatic heterocycles. The van der Waals surface area contributed by atoms with Gasteiger partial charge in [0.05, 0.1) is 0 Å². The minimum atomic E-state index is 0.0225. The third-order valence-electron chi connectivity index (χ3n) is 3.25. The summed E-state index contributed by atoms with van der Waals surface area (Å²) in [5, 5.41) is 0. The Bertz CT molecular complexity index is 520. The Balaban J connectivity index is 1.89. The van der Waals surface area contributed by atoms with Crippen LogP contribution in [0.4, 0.5) is 0 Å². The van der Waals surface area contributed by atoms with Crippen molar-refractivity contribution in [3.8, 4) is 5.75 Å². The number of benzene rings is 2. The Morgan fingerprint density at radius 3 is 2.15 bits per heavy atom. The van der Waals surface area contributed by atoms with Gasteiger partial charge in [-0.2, -0.15) is 0 Å². The van der Waals surface area contributed by atoms with Crippen LogP contribution in [0.2, 0.25) is 0 Å². The van der Waals surface area contributed by atoms with Crippen molar-refractivity contribution >= 4 is 0 Å². The van der Waals surface area contributed by atoms with Gasteiger partial charge in [0, 0.05) is 12.6 Å². The van der Waals surface area contributed by atoms with E-state index < -0.39 is 0 Å². The summed E-state index contributed by atoms with van der Waals surface area (Å²) in [4.78, 5) is 0. The molecule has 2 rings (SSSR count). The van der Waals surface area contributed by atoms with Gasteiger partial charge in [0.25, 0.3) is 0 Å². The molecule has 106 valence electrons. The summed E-state index contributed by atoms with van der Waals surface area (Å²) < 4.78 is 5.76. The van der Waals surface area contributed by atoms with Crippen molar-refractivity contribution in [2.75, 3.05) is 6.54 Å². The molecule has 3 heteroatoms. The topological polar surface area (TPSA) is 61.3 Å². The molecule has 0 heterocycles. The highest BCUT2D eigenvalue weighted by atomic mass is 16.5. The van der Waals surface area contributed by atoms with Crippen LogP contribution in [-0.4, -0.2) is 12.6 Å². The number of nitrogens with two attached hydrogens (primary N) is 2. The zero-order chi connectivity index (χ0) is 14.4. The fourth-order valence-electron chi connectivity index (χ4n) is 1.96. The van der Waals surface area contributed by atoms with Crippen LogP contribution in [-0.2, 0) is 13.0 Å². The van der Waals surface area contributed by atoms with E-state index in [1.165, 1.54) is 16.7 Å². The van der Waals surface area contributed by atoms with E-state index >= 15 is 0 Å². The zero-order valence-corrected chi connectivity index (χ0v) is 11.9. The van der Waals surface area contributed by atoms with Gasteiger partial charge in [0.2, 0.25) is 0 Å². The summed E-state index contributed by atoms with van der Waals surface area (Å²) in [6, 6.07) is 16.4. The first-order valence-corrected chi connectivity index (χ1v) is 6.90. The first kappa shape index (κ1) is 14.6. The predicted molar refractivity (Wildman–Crippen MR) is 82.7 cm³/mol. The van der Waals surface area contributed by atoms with Gasteiger partial charge in [-0.1, -0.05) is 42.0 Å². The molecule has 4 N–H and O–H groups in total. The summed E-state index contributed by atoms with van der Waals surface area (Å²) in [6.07, 6.45) is 0.800. The molecular formula is C17H22N2O. The van der Waals surface area contributed by atoms with E-state index in [9.17, 15) is 0 Å². The van der Waals surface area contributed by atoms with Crippen molar-refractivity contribution in [2.24, 2.45) is 11.5 Å². The van der Waals surface area contributed by atoms with Crippen molar-refractivity contribution < 1.29 is 4.74 Å². The van der Waals surface area contributed by atoms with Crippen molar-refractivity contribution in [1.29, 1.82) is 0 Å². The van der Waals surface area contributed by atoms with Gasteiger partial charge in [-0.25, -0.2) is 0 Å². The van der Waals surface area contributed by atoms with E-state index in [2.05, 4.69) is 31.2 Å². The second kappa shape index (κ2) is 7.08. The van der Waals surface area contributed by atoms with Crippen LogP contribution in [0.15, 0.2) is 48.5 Å². The summed E-state index contributed by atoms with van der Waals surface area (Å²) in [6.45, 7) is 3.17. The monoisotopic (exact) mass is 270 g/mol. The molecule has 2 aromatic carbocycles. The molecule has 2 aromatic rings. The Kier molecular flexibility index (Phi) is 5.16. The van der Waals surface area contributed by atoms with Gasteiger partial charge in [-0.3, -0.25) is 0 Å². The fraction of sp³-hybridized carbons (Fsp3) is 0.294. The maximum atomic E-state index is 5.83. The lowest BCUT2D eigenvalue weighted by molar-refractivity contribution is 0.306. The van der Waals surface area contributed by atoms with Gasteiger partial charge in [0.15, 0.2) is 0 Å². The van der Waals surface area contributed by atoms with Crippen molar-refractivity contribution in [2.45, 2.75) is 26.0 Å². The number of aryl methyl sites for hydroxylation is 1. The molecule has 0 saturated heterocycles. The third kappa shape index (κ3) is 4.37. The maximum Gasteiger partial charge on any atom is 0.119 e. The maximum absolute atomic E-state index is 5.83. The summed E-state index contributed by atoms with van der Waals surface area (Å²) in [5.74, 6) is 0.871. The predicted octanol–water partition coefficient (Wildman–Crippen LogP) is 2.40. The Morgan fingerprint density at radius 2 is 1.55 bits per heavy atom. The molecule has 0 radical (unpaired) electrons. The molecule has 3 nitrogen and oxygen atoms in total. The van der Waals surface area contributed by atoms with Crippen LogP contribution < -0.4 is 16.2 Å². The second-order valence-corrected chi connectivity index (χ2v) is 5.12. The highest BCUT2D eigenvalue weighted by Gasteiger charge is 2.02. The van der Waals surface area contributed by atoms with E-state index in [-0.39, 0.29) is 6.04 Å². The number of rotatable bonds is 6. The standard InChI is InChI=1S/C17H22N2O/c1-13-2-4-15(5-3-13)12-20-17-8-6-14(7-9-17)10-16(19)11-18/h2-9,16H,10-12,18-19H2,1H3.